The number of rotatable bonds is 5. The van der Waals surface area contributed by atoms with Gasteiger partial charge in [0, 0.05) is 30.8 Å². The van der Waals surface area contributed by atoms with E-state index in [1.165, 1.54) is 23.2 Å². The van der Waals surface area contributed by atoms with Gasteiger partial charge in [-0.15, -0.1) is 0 Å². The van der Waals surface area contributed by atoms with E-state index in [4.69, 9.17) is 16.3 Å². The Morgan fingerprint density at radius 1 is 1.29 bits per heavy atom. The molecule has 160 valence electrons. The number of carbonyl (C=O) groups is 3. The highest BCUT2D eigenvalue weighted by Crippen LogP contribution is 2.29. The molecule has 1 aromatic heterocycles. The number of carbonyl (C=O) groups excluding carboxylic acids is 3. The molecule has 10 heteroatoms. The molecule has 0 saturated carbocycles. The van der Waals surface area contributed by atoms with Gasteiger partial charge in [-0.05, 0) is 35.7 Å². The molecular formula is C21H22N6O4. The van der Waals surface area contributed by atoms with Crippen LogP contribution in [0.2, 0.25) is 0 Å². The number of piperidine rings is 1. The fourth-order valence-corrected chi connectivity index (χ4v) is 3.71. The normalized spacial score (nSPS) is 18.6. The zero-order valence-electron chi connectivity index (χ0n) is 16.9. The lowest BCUT2D eigenvalue weighted by molar-refractivity contribution is -0.136. The molecule has 1 saturated heterocycles. The van der Waals surface area contributed by atoms with E-state index in [9.17, 15) is 14.4 Å². The van der Waals surface area contributed by atoms with Crippen LogP contribution in [0.1, 0.15) is 34.3 Å². The van der Waals surface area contributed by atoms with E-state index in [2.05, 4.69) is 10.3 Å². The number of methoxy groups -OCH3 is 1. The smallest absolute Gasteiger partial charge is 0.255 e. The summed E-state index contributed by atoms with van der Waals surface area (Å²) in [5, 5.41) is 3.58. The van der Waals surface area contributed by atoms with Crippen LogP contribution < -0.4 is 26.6 Å². The molecule has 4 rings (SSSR count). The minimum atomic E-state index is -0.660. The van der Waals surface area contributed by atoms with Crippen molar-refractivity contribution in [3.05, 3.63) is 59.3 Å². The number of hydrazine groups is 1. The predicted molar refractivity (Wildman–Crippen MR) is 112 cm³/mol. The molecule has 5 N–H and O–H groups in total. The van der Waals surface area contributed by atoms with Crippen molar-refractivity contribution in [2.45, 2.75) is 25.4 Å². The van der Waals surface area contributed by atoms with Crippen molar-refractivity contribution in [2.24, 2.45) is 11.6 Å². The molecule has 2 aliphatic rings. The second-order valence-electron chi connectivity index (χ2n) is 7.30. The summed E-state index contributed by atoms with van der Waals surface area (Å²) in [7, 11) is 1.51. The van der Waals surface area contributed by atoms with Gasteiger partial charge in [0.1, 0.15) is 6.04 Å². The highest BCUT2D eigenvalue weighted by molar-refractivity contribution is 6.05. The maximum atomic E-state index is 12.8. The number of hydrogen-bond acceptors (Lipinski definition) is 8. The Bertz CT molecular complexity index is 1100. The fourth-order valence-electron chi connectivity index (χ4n) is 3.71. The Balaban J connectivity index is 1.54. The van der Waals surface area contributed by atoms with Crippen molar-refractivity contribution >= 4 is 29.2 Å². The van der Waals surface area contributed by atoms with Gasteiger partial charge in [-0.25, -0.2) is 5.84 Å². The lowest BCUT2D eigenvalue weighted by Gasteiger charge is -2.29. The van der Waals surface area contributed by atoms with Gasteiger partial charge >= 0.3 is 0 Å². The molecule has 0 bridgehead atoms. The molecule has 1 atom stereocenters. The molecular weight excluding hydrogens is 400 g/mol. The Morgan fingerprint density at radius 2 is 2.10 bits per heavy atom. The first-order chi connectivity index (χ1) is 14.9. The van der Waals surface area contributed by atoms with Crippen molar-refractivity contribution in [2.75, 3.05) is 12.1 Å². The first-order valence-electron chi connectivity index (χ1n) is 9.67. The summed E-state index contributed by atoms with van der Waals surface area (Å²) in [5.74, 6) is 5.93. The number of pyridine rings is 1. The van der Waals surface area contributed by atoms with E-state index in [0.717, 1.165) is 5.56 Å². The molecule has 10 nitrogen and oxygen atoms in total. The highest BCUT2D eigenvalue weighted by atomic mass is 16.5. The number of ether oxygens (including phenoxy) is 1. The average Bonchev–Trinajstić information content (AvgIpc) is 3.09. The standard InChI is InChI=1S/C21H22N6O4/c1-31-19-4-2-3-17(24-19)27(23)11-15(22)12-5-6-14-13(9-12)10-26(21(14)30)16-7-8-18(28)25-20(16)29/h2-6,9,11,16H,7-8,10,22-23H2,1H3,(H,25,28,29)/b15-11-. The topological polar surface area (TPSA) is 144 Å². The maximum absolute atomic E-state index is 12.8. The number of nitrogens with two attached hydrogens (primary N) is 2. The van der Waals surface area contributed by atoms with Crippen LogP contribution in [-0.2, 0) is 16.1 Å². The highest BCUT2D eigenvalue weighted by Gasteiger charge is 2.39. The van der Waals surface area contributed by atoms with Crippen molar-refractivity contribution in [1.82, 2.24) is 15.2 Å². The van der Waals surface area contributed by atoms with Gasteiger partial charge in [0.05, 0.1) is 12.8 Å². The molecule has 1 unspecified atom stereocenters. The first-order valence-corrected chi connectivity index (χ1v) is 9.67. The van der Waals surface area contributed by atoms with Crippen molar-refractivity contribution in [3.63, 3.8) is 0 Å². The van der Waals surface area contributed by atoms with Crippen LogP contribution in [-0.4, -0.2) is 40.8 Å². The van der Waals surface area contributed by atoms with Crippen LogP contribution in [0, 0.1) is 0 Å². The van der Waals surface area contributed by atoms with Gasteiger partial charge in [-0.3, -0.25) is 24.7 Å². The zero-order chi connectivity index (χ0) is 22.1. The van der Waals surface area contributed by atoms with Crippen LogP contribution >= 0.6 is 0 Å². The maximum Gasteiger partial charge on any atom is 0.255 e. The molecule has 1 fully saturated rings. The fraction of sp³-hybridized carbons (Fsp3) is 0.238. The van der Waals surface area contributed by atoms with E-state index >= 15 is 0 Å². The lowest BCUT2D eigenvalue weighted by Crippen LogP contribution is -2.52. The molecule has 3 amide bonds. The minimum absolute atomic E-state index is 0.210. The van der Waals surface area contributed by atoms with Gasteiger partial charge in [0.25, 0.3) is 5.91 Å². The third-order valence-corrected chi connectivity index (χ3v) is 5.32. The SMILES string of the molecule is COc1cccc(N(N)/C=C(\N)c2ccc3c(c2)CN(C2CCC(=O)NC2=O)C3=O)n1. The first kappa shape index (κ1) is 20.4. The Kier molecular flexibility index (Phi) is 5.30. The molecule has 31 heavy (non-hydrogen) atoms. The van der Waals surface area contributed by atoms with E-state index < -0.39 is 11.9 Å². The van der Waals surface area contributed by atoms with Crippen LogP contribution in [0.3, 0.4) is 0 Å². The van der Waals surface area contributed by atoms with Crippen molar-refractivity contribution in [1.29, 1.82) is 0 Å². The summed E-state index contributed by atoms with van der Waals surface area (Å²) in [6.07, 6.45) is 2.05. The molecule has 1 aromatic carbocycles. The molecule has 0 aliphatic carbocycles. The number of anilines is 1. The minimum Gasteiger partial charge on any atom is -0.481 e. The summed E-state index contributed by atoms with van der Waals surface area (Å²) >= 11 is 0. The number of fused-ring (bicyclic) bond motifs is 1. The van der Waals surface area contributed by atoms with Gasteiger partial charge in [0.2, 0.25) is 17.7 Å². The number of hydrogen-bond donors (Lipinski definition) is 3. The molecule has 3 heterocycles. The Labute approximate surface area is 178 Å². The third kappa shape index (κ3) is 3.92. The molecule has 2 aromatic rings. The van der Waals surface area contributed by atoms with Crippen LogP contribution in [0.5, 0.6) is 5.88 Å². The third-order valence-electron chi connectivity index (χ3n) is 5.32. The van der Waals surface area contributed by atoms with E-state index in [1.54, 1.807) is 36.4 Å². The second kappa shape index (κ2) is 8.07. The Hall–Kier alpha value is -3.92. The summed E-state index contributed by atoms with van der Waals surface area (Å²) in [6.45, 7) is 0.269. The van der Waals surface area contributed by atoms with Gasteiger partial charge < -0.3 is 15.4 Å². The van der Waals surface area contributed by atoms with Crippen LogP contribution in [0.25, 0.3) is 5.70 Å². The second-order valence-corrected chi connectivity index (χ2v) is 7.30. The van der Waals surface area contributed by atoms with Gasteiger partial charge in [-0.1, -0.05) is 12.1 Å². The molecule has 0 spiro atoms. The van der Waals surface area contributed by atoms with E-state index in [-0.39, 0.29) is 24.8 Å². The number of nitrogens with zero attached hydrogens (tertiary/aromatic N) is 3. The largest absolute Gasteiger partial charge is 0.481 e. The van der Waals surface area contributed by atoms with E-state index in [0.29, 0.717) is 34.9 Å². The van der Waals surface area contributed by atoms with E-state index in [1.807, 2.05) is 0 Å². The van der Waals surface area contributed by atoms with Crippen molar-refractivity contribution in [3.8, 4) is 5.88 Å². The predicted octanol–water partition coefficient (Wildman–Crippen LogP) is 0.489. The summed E-state index contributed by atoms with van der Waals surface area (Å²) < 4.78 is 5.10. The summed E-state index contributed by atoms with van der Waals surface area (Å²) in [6, 6.07) is 9.73. The van der Waals surface area contributed by atoms with Crippen LogP contribution in [0.4, 0.5) is 5.82 Å². The monoisotopic (exact) mass is 422 g/mol. The molecule has 0 radical (unpaired) electrons. The quantitative estimate of drug-likeness (QED) is 0.359. The average molecular weight is 422 g/mol. The number of imide groups is 1. The number of benzene rings is 1. The van der Waals surface area contributed by atoms with Crippen LogP contribution in [0.15, 0.2) is 42.6 Å². The number of nitrogens with one attached hydrogen (secondary N) is 1. The molecule has 2 aliphatic heterocycles. The summed E-state index contributed by atoms with van der Waals surface area (Å²) in [5.41, 5.74) is 8.55. The van der Waals surface area contributed by atoms with Gasteiger partial charge in [-0.2, -0.15) is 4.98 Å². The summed E-state index contributed by atoms with van der Waals surface area (Å²) in [4.78, 5) is 42.1. The number of amides is 3. The van der Waals surface area contributed by atoms with Crippen molar-refractivity contribution < 1.29 is 19.1 Å². The zero-order valence-corrected chi connectivity index (χ0v) is 16.9. The van der Waals surface area contributed by atoms with Gasteiger partial charge in [0.15, 0.2) is 5.82 Å². The Morgan fingerprint density at radius 3 is 2.84 bits per heavy atom. The lowest BCUT2D eigenvalue weighted by atomic mass is 10.0. The number of aromatic nitrogens is 1.